The van der Waals surface area contributed by atoms with Gasteiger partial charge in [-0.3, -0.25) is 5.10 Å². The number of nitrogens with two attached hydrogens (primary N) is 1. The lowest BCUT2D eigenvalue weighted by molar-refractivity contribution is 0.373. The Labute approximate surface area is 141 Å². The molecule has 4 heterocycles. The molecule has 1 saturated heterocycles. The van der Waals surface area contributed by atoms with E-state index in [-0.39, 0.29) is 0 Å². The maximum absolute atomic E-state index is 6.27. The Hall–Kier alpha value is -1.93. The summed E-state index contributed by atoms with van der Waals surface area (Å²) < 4.78 is 2.52. The molecule has 0 spiro atoms. The second-order valence-corrected chi connectivity index (χ2v) is 6.75. The summed E-state index contributed by atoms with van der Waals surface area (Å²) in [6, 6.07) is 0. The molecule has 0 radical (unpaired) electrons. The fraction of sp³-hybridized carbons (Fsp3) is 0.400. The van der Waals surface area contributed by atoms with Gasteiger partial charge in [-0.2, -0.15) is 14.7 Å². The van der Waals surface area contributed by atoms with E-state index in [1.807, 2.05) is 6.20 Å². The minimum atomic E-state index is 0.587. The third-order valence-electron chi connectivity index (χ3n) is 4.38. The lowest BCUT2D eigenvalue weighted by Gasteiger charge is -2.23. The normalized spacial score (nSPS) is 18.6. The lowest BCUT2D eigenvalue weighted by Crippen LogP contribution is -2.31. The number of hydrogen-bond donors (Lipinski definition) is 3. The van der Waals surface area contributed by atoms with Crippen molar-refractivity contribution in [2.45, 2.75) is 19.3 Å². The average Bonchev–Trinajstić information content (AvgIpc) is 3.22. The molecule has 1 aliphatic heterocycles. The molecule has 3 aromatic rings. The second kappa shape index (κ2) is 5.93. The molecule has 0 aromatic carbocycles. The van der Waals surface area contributed by atoms with Gasteiger partial charge in [-0.05, 0) is 54.2 Å². The number of nitrogen functional groups attached to an aromatic ring is 1. The lowest BCUT2D eigenvalue weighted by atomic mass is 9.94. The molecule has 1 fully saturated rings. The molecule has 0 amide bonds. The van der Waals surface area contributed by atoms with Crippen molar-refractivity contribution in [3.63, 3.8) is 0 Å². The Balaban J connectivity index is 1.78. The number of nitrogens with zero attached hydrogens (tertiary/aromatic N) is 4. The molecule has 7 nitrogen and oxygen atoms in total. The summed E-state index contributed by atoms with van der Waals surface area (Å²) in [5.74, 6) is 1.18. The summed E-state index contributed by atoms with van der Waals surface area (Å²) in [5, 5.41) is 14.6. The summed E-state index contributed by atoms with van der Waals surface area (Å²) in [7, 11) is 0. The van der Waals surface area contributed by atoms with E-state index in [0.29, 0.717) is 11.7 Å². The molecule has 4 rings (SSSR count). The Kier molecular flexibility index (Phi) is 3.78. The fourth-order valence-electron chi connectivity index (χ4n) is 3.15. The maximum Gasteiger partial charge on any atom is 0.165 e. The zero-order valence-electron chi connectivity index (χ0n) is 12.6. The highest BCUT2D eigenvalue weighted by molar-refractivity contribution is 9.10. The van der Waals surface area contributed by atoms with Crippen LogP contribution in [-0.4, -0.2) is 37.9 Å². The van der Waals surface area contributed by atoms with Crippen LogP contribution in [0.5, 0.6) is 0 Å². The smallest absolute Gasteiger partial charge is 0.165 e. The third kappa shape index (κ3) is 2.61. The number of H-pyrrole nitrogens is 1. The Morgan fingerprint density at radius 3 is 3.04 bits per heavy atom. The van der Waals surface area contributed by atoms with Crippen LogP contribution in [-0.2, 0) is 6.42 Å². The van der Waals surface area contributed by atoms with Crippen LogP contribution in [0, 0.1) is 5.92 Å². The van der Waals surface area contributed by atoms with E-state index in [1.54, 1.807) is 16.9 Å². The second-order valence-electron chi connectivity index (χ2n) is 5.95. The van der Waals surface area contributed by atoms with E-state index >= 15 is 0 Å². The molecule has 0 saturated carbocycles. The summed E-state index contributed by atoms with van der Waals surface area (Å²) in [4.78, 5) is 4.85. The first kappa shape index (κ1) is 14.6. The minimum absolute atomic E-state index is 0.587. The number of rotatable bonds is 3. The molecule has 0 aliphatic carbocycles. The van der Waals surface area contributed by atoms with E-state index in [2.05, 4.69) is 36.5 Å². The zero-order chi connectivity index (χ0) is 15.8. The highest BCUT2D eigenvalue weighted by Crippen LogP contribution is 2.31. The van der Waals surface area contributed by atoms with Crippen molar-refractivity contribution in [2.24, 2.45) is 5.92 Å². The van der Waals surface area contributed by atoms with Crippen LogP contribution < -0.4 is 11.1 Å². The van der Waals surface area contributed by atoms with Crippen molar-refractivity contribution >= 4 is 27.4 Å². The van der Waals surface area contributed by atoms with Crippen LogP contribution in [0.15, 0.2) is 23.1 Å². The van der Waals surface area contributed by atoms with E-state index in [1.165, 1.54) is 12.8 Å². The molecule has 4 N–H and O–H groups in total. The molecule has 3 aromatic heterocycles. The van der Waals surface area contributed by atoms with Crippen molar-refractivity contribution in [1.29, 1.82) is 0 Å². The topological polar surface area (TPSA) is 96.9 Å². The van der Waals surface area contributed by atoms with E-state index < -0.39 is 0 Å². The van der Waals surface area contributed by atoms with Crippen molar-refractivity contribution in [1.82, 2.24) is 30.1 Å². The van der Waals surface area contributed by atoms with Crippen LogP contribution in [0.2, 0.25) is 0 Å². The highest BCUT2D eigenvalue weighted by Gasteiger charge is 2.20. The summed E-state index contributed by atoms with van der Waals surface area (Å²) in [5.41, 5.74) is 9.92. The Morgan fingerprint density at radius 2 is 2.30 bits per heavy atom. The van der Waals surface area contributed by atoms with Gasteiger partial charge < -0.3 is 11.1 Å². The summed E-state index contributed by atoms with van der Waals surface area (Å²) in [6.45, 7) is 2.15. The summed E-state index contributed by atoms with van der Waals surface area (Å²) >= 11 is 3.60. The monoisotopic (exact) mass is 375 g/mol. The van der Waals surface area contributed by atoms with Gasteiger partial charge in [-0.1, -0.05) is 0 Å². The van der Waals surface area contributed by atoms with Crippen molar-refractivity contribution in [2.75, 3.05) is 18.8 Å². The first-order valence-corrected chi connectivity index (χ1v) is 8.55. The first-order chi connectivity index (χ1) is 11.2. The van der Waals surface area contributed by atoms with Gasteiger partial charge in [0, 0.05) is 17.3 Å². The number of aromatic nitrogens is 5. The number of nitrogens with one attached hydrogen (secondary N) is 2. The average molecular weight is 376 g/mol. The molecule has 23 heavy (non-hydrogen) atoms. The van der Waals surface area contributed by atoms with Gasteiger partial charge >= 0.3 is 0 Å². The first-order valence-electron chi connectivity index (χ1n) is 7.75. The van der Waals surface area contributed by atoms with Crippen LogP contribution >= 0.6 is 15.9 Å². The predicted octanol–water partition coefficient (Wildman–Crippen LogP) is 2.01. The van der Waals surface area contributed by atoms with E-state index in [0.717, 1.165) is 46.5 Å². The molecule has 1 aliphatic rings. The molecule has 120 valence electrons. The minimum Gasteiger partial charge on any atom is -0.383 e. The van der Waals surface area contributed by atoms with Gasteiger partial charge in [0.15, 0.2) is 5.65 Å². The van der Waals surface area contributed by atoms with Gasteiger partial charge in [0.2, 0.25) is 0 Å². The Bertz CT molecular complexity index is 818. The SMILES string of the molecule is Nc1c(Br)c(CC2CCCNC2)nc2c(-c3cn[nH]c3)cnn12. The summed E-state index contributed by atoms with van der Waals surface area (Å²) in [6.07, 6.45) is 8.72. The molecule has 1 unspecified atom stereocenters. The maximum atomic E-state index is 6.27. The van der Waals surface area contributed by atoms with E-state index in [9.17, 15) is 0 Å². The molecular weight excluding hydrogens is 358 g/mol. The van der Waals surface area contributed by atoms with Crippen molar-refractivity contribution in [3.05, 3.63) is 28.8 Å². The Morgan fingerprint density at radius 1 is 1.39 bits per heavy atom. The highest BCUT2D eigenvalue weighted by atomic mass is 79.9. The van der Waals surface area contributed by atoms with Gasteiger partial charge in [0.05, 0.1) is 22.6 Å². The van der Waals surface area contributed by atoms with Crippen molar-refractivity contribution in [3.8, 4) is 11.1 Å². The standard InChI is InChI=1S/C15H18BrN7/c16-13-12(4-9-2-1-3-18-5-9)22-15-11(10-6-19-20-7-10)8-21-23(15)14(13)17/h6-9,18H,1-5,17H2,(H,19,20). The van der Waals surface area contributed by atoms with Gasteiger partial charge in [0.25, 0.3) is 0 Å². The van der Waals surface area contributed by atoms with Crippen LogP contribution in [0.4, 0.5) is 5.82 Å². The number of piperidine rings is 1. The molecule has 8 heteroatoms. The molecule has 1 atom stereocenters. The van der Waals surface area contributed by atoms with Gasteiger partial charge in [-0.15, -0.1) is 0 Å². The van der Waals surface area contributed by atoms with Crippen LogP contribution in [0.1, 0.15) is 18.5 Å². The van der Waals surface area contributed by atoms with Crippen LogP contribution in [0.25, 0.3) is 16.8 Å². The van der Waals surface area contributed by atoms with Crippen molar-refractivity contribution < 1.29 is 0 Å². The number of aromatic amines is 1. The number of hydrogen-bond acceptors (Lipinski definition) is 5. The quantitative estimate of drug-likeness (QED) is 0.650. The molecular formula is C15H18BrN7. The predicted molar refractivity (Wildman–Crippen MR) is 92.0 cm³/mol. The number of halogens is 1. The third-order valence-corrected chi connectivity index (χ3v) is 5.25. The van der Waals surface area contributed by atoms with Crippen LogP contribution in [0.3, 0.4) is 0 Å². The van der Waals surface area contributed by atoms with E-state index in [4.69, 9.17) is 10.7 Å². The fourth-order valence-corrected chi connectivity index (χ4v) is 3.57. The largest absolute Gasteiger partial charge is 0.383 e. The number of anilines is 1. The number of fused-ring (bicyclic) bond motifs is 1. The zero-order valence-corrected chi connectivity index (χ0v) is 14.2. The van der Waals surface area contributed by atoms with Gasteiger partial charge in [-0.25, -0.2) is 4.98 Å². The molecule has 0 bridgehead atoms. The van der Waals surface area contributed by atoms with Gasteiger partial charge in [0.1, 0.15) is 5.82 Å².